The minimum absolute atomic E-state index is 0.131. The fourth-order valence-electron chi connectivity index (χ4n) is 1.02. The molecule has 0 radical (unpaired) electrons. The van der Waals surface area contributed by atoms with E-state index in [2.05, 4.69) is 15.9 Å². The molecule has 0 aliphatic heterocycles. The molecule has 14 heavy (non-hydrogen) atoms. The van der Waals surface area contributed by atoms with Crippen molar-refractivity contribution in [1.82, 2.24) is 0 Å². The highest BCUT2D eigenvalue weighted by atomic mass is 79.9. The summed E-state index contributed by atoms with van der Waals surface area (Å²) in [5.74, 6) is 0. The lowest BCUT2D eigenvalue weighted by atomic mass is 10.2. The first kappa shape index (κ1) is 10.9. The molecule has 0 bridgehead atoms. The van der Waals surface area contributed by atoms with E-state index in [1.807, 2.05) is 18.2 Å². The molecule has 0 fully saturated rings. The molecule has 1 aromatic carbocycles. The van der Waals surface area contributed by atoms with Gasteiger partial charge in [-0.1, -0.05) is 40.2 Å². The molecule has 0 spiro atoms. The molecule has 4 heteroatoms. The number of non-ortho nitro benzene ring substituents is 1. The van der Waals surface area contributed by atoms with E-state index in [1.54, 1.807) is 12.1 Å². The van der Waals surface area contributed by atoms with E-state index >= 15 is 0 Å². The summed E-state index contributed by atoms with van der Waals surface area (Å²) in [4.78, 5) is 10.1. The van der Waals surface area contributed by atoms with Crippen molar-refractivity contribution in [3.8, 4) is 0 Å². The smallest absolute Gasteiger partial charge is 0.258 e. The molecule has 0 aromatic heterocycles. The maximum absolute atomic E-state index is 10.5. The highest BCUT2D eigenvalue weighted by Gasteiger charge is 2.02. The number of benzene rings is 1. The van der Waals surface area contributed by atoms with Gasteiger partial charge in [0.1, 0.15) is 0 Å². The number of halogens is 1. The van der Waals surface area contributed by atoms with Crippen LogP contribution in [0.5, 0.6) is 0 Å². The van der Waals surface area contributed by atoms with Gasteiger partial charge < -0.3 is 0 Å². The maximum Gasteiger partial charge on any atom is 0.270 e. The van der Waals surface area contributed by atoms with Gasteiger partial charge in [0.25, 0.3) is 5.69 Å². The zero-order chi connectivity index (χ0) is 10.4. The van der Waals surface area contributed by atoms with Crippen molar-refractivity contribution in [3.05, 3.63) is 46.0 Å². The predicted molar refractivity (Wildman–Crippen MR) is 60.5 cm³/mol. The second-order valence-corrected chi connectivity index (χ2v) is 3.53. The third-order valence-electron chi connectivity index (χ3n) is 1.67. The first-order valence-electron chi connectivity index (χ1n) is 4.21. The van der Waals surface area contributed by atoms with Gasteiger partial charge in [0.15, 0.2) is 0 Å². The Morgan fingerprint density at radius 2 is 2.29 bits per heavy atom. The Morgan fingerprint density at radius 3 is 2.93 bits per heavy atom. The van der Waals surface area contributed by atoms with Gasteiger partial charge in [-0.3, -0.25) is 10.1 Å². The van der Waals surface area contributed by atoms with E-state index in [0.29, 0.717) is 0 Å². The standard InChI is InChI=1S/C10H10BrNO2/c11-7-2-1-4-9-5-3-6-10(8-9)12(13)14/h1,3-6,8H,2,7H2. The number of nitrogens with zero attached hydrogens (tertiary/aromatic N) is 1. The molecule has 1 aromatic rings. The predicted octanol–water partition coefficient (Wildman–Crippen LogP) is 3.39. The second-order valence-electron chi connectivity index (χ2n) is 2.73. The molecule has 0 saturated heterocycles. The highest BCUT2D eigenvalue weighted by Crippen LogP contribution is 2.14. The molecule has 0 aliphatic carbocycles. The Hall–Kier alpha value is -1.16. The zero-order valence-electron chi connectivity index (χ0n) is 7.52. The number of hydrogen-bond donors (Lipinski definition) is 0. The van der Waals surface area contributed by atoms with Crippen LogP contribution in [0.15, 0.2) is 30.3 Å². The van der Waals surface area contributed by atoms with Crippen LogP contribution in [0.3, 0.4) is 0 Å². The van der Waals surface area contributed by atoms with E-state index in [4.69, 9.17) is 0 Å². The summed E-state index contributed by atoms with van der Waals surface area (Å²) in [5, 5.41) is 11.4. The summed E-state index contributed by atoms with van der Waals surface area (Å²) in [6, 6.07) is 6.58. The van der Waals surface area contributed by atoms with E-state index in [-0.39, 0.29) is 10.6 Å². The molecule has 0 amide bonds. The summed E-state index contributed by atoms with van der Waals surface area (Å²) in [7, 11) is 0. The third kappa shape index (κ3) is 3.30. The lowest BCUT2D eigenvalue weighted by Crippen LogP contribution is -1.87. The summed E-state index contributed by atoms with van der Waals surface area (Å²) in [6.45, 7) is 0. The van der Waals surface area contributed by atoms with Crippen molar-refractivity contribution in [3.63, 3.8) is 0 Å². The second kappa shape index (κ2) is 5.54. The van der Waals surface area contributed by atoms with E-state index < -0.39 is 0 Å². The first-order valence-corrected chi connectivity index (χ1v) is 5.33. The maximum atomic E-state index is 10.5. The number of alkyl halides is 1. The van der Waals surface area contributed by atoms with Crippen molar-refractivity contribution in [2.45, 2.75) is 6.42 Å². The van der Waals surface area contributed by atoms with Crippen molar-refractivity contribution < 1.29 is 4.92 Å². The fraction of sp³-hybridized carbons (Fsp3) is 0.200. The molecular formula is C10H10BrNO2. The van der Waals surface area contributed by atoms with Gasteiger partial charge in [-0.2, -0.15) is 0 Å². The molecule has 3 nitrogen and oxygen atoms in total. The van der Waals surface area contributed by atoms with Gasteiger partial charge in [0.2, 0.25) is 0 Å². The van der Waals surface area contributed by atoms with Crippen molar-refractivity contribution in [2.75, 3.05) is 5.33 Å². The summed E-state index contributed by atoms with van der Waals surface area (Å²) in [5.41, 5.74) is 0.992. The molecule has 74 valence electrons. The van der Waals surface area contributed by atoms with Crippen LogP contribution < -0.4 is 0 Å². The van der Waals surface area contributed by atoms with Crippen LogP contribution in [-0.4, -0.2) is 10.3 Å². The van der Waals surface area contributed by atoms with Crippen LogP contribution in [0.2, 0.25) is 0 Å². The number of nitro benzene ring substituents is 1. The molecule has 0 atom stereocenters. The lowest BCUT2D eigenvalue weighted by Gasteiger charge is -1.93. The van der Waals surface area contributed by atoms with Crippen LogP contribution in [0.1, 0.15) is 12.0 Å². The topological polar surface area (TPSA) is 43.1 Å². The fourth-order valence-corrected chi connectivity index (χ4v) is 1.29. The van der Waals surface area contributed by atoms with Gasteiger partial charge in [0.05, 0.1) is 4.92 Å². The average molecular weight is 256 g/mol. The van der Waals surface area contributed by atoms with Gasteiger partial charge in [0, 0.05) is 17.5 Å². The monoisotopic (exact) mass is 255 g/mol. The Morgan fingerprint density at radius 1 is 1.50 bits per heavy atom. The summed E-state index contributed by atoms with van der Waals surface area (Å²) >= 11 is 3.30. The number of nitro groups is 1. The van der Waals surface area contributed by atoms with Gasteiger partial charge in [-0.15, -0.1) is 0 Å². The summed E-state index contributed by atoms with van der Waals surface area (Å²) in [6.07, 6.45) is 4.78. The Balaban J connectivity index is 2.78. The van der Waals surface area contributed by atoms with Crippen LogP contribution >= 0.6 is 15.9 Å². The summed E-state index contributed by atoms with van der Waals surface area (Å²) < 4.78 is 0. The van der Waals surface area contributed by atoms with E-state index in [0.717, 1.165) is 17.3 Å². The number of allylic oxidation sites excluding steroid dienone is 1. The molecule has 0 heterocycles. The van der Waals surface area contributed by atoms with Crippen molar-refractivity contribution in [1.29, 1.82) is 0 Å². The van der Waals surface area contributed by atoms with Crippen molar-refractivity contribution >= 4 is 27.7 Å². The minimum Gasteiger partial charge on any atom is -0.258 e. The SMILES string of the molecule is O=[N+]([O-])c1cccc(C=CCCBr)c1. The Bertz CT molecular complexity index is 350. The number of hydrogen-bond acceptors (Lipinski definition) is 2. The Kier molecular flexibility index (Phi) is 4.32. The van der Waals surface area contributed by atoms with Gasteiger partial charge in [-0.05, 0) is 12.0 Å². The van der Waals surface area contributed by atoms with Crippen LogP contribution in [0.25, 0.3) is 6.08 Å². The first-order chi connectivity index (χ1) is 6.74. The quantitative estimate of drug-likeness (QED) is 0.470. The molecule has 1 rings (SSSR count). The van der Waals surface area contributed by atoms with Gasteiger partial charge in [-0.25, -0.2) is 0 Å². The lowest BCUT2D eigenvalue weighted by molar-refractivity contribution is -0.384. The molecule has 0 unspecified atom stereocenters. The molecule has 0 N–H and O–H groups in total. The van der Waals surface area contributed by atoms with E-state index in [1.165, 1.54) is 6.07 Å². The largest absolute Gasteiger partial charge is 0.270 e. The van der Waals surface area contributed by atoms with Crippen LogP contribution in [0.4, 0.5) is 5.69 Å². The molecule has 0 aliphatic rings. The minimum atomic E-state index is -0.387. The van der Waals surface area contributed by atoms with E-state index in [9.17, 15) is 10.1 Å². The van der Waals surface area contributed by atoms with Gasteiger partial charge >= 0.3 is 0 Å². The molecule has 0 saturated carbocycles. The zero-order valence-corrected chi connectivity index (χ0v) is 9.11. The molecular weight excluding hydrogens is 246 g/mol. The normalized spacial score (nSPS) is 10.6. The average Bonchev–Trinajstić information content (AvgIpc) is 2.19. The van der Waals surface area contributed by atoms with Crippen LogP contribution in [0, 0.1) is 10.1 Å². The highest BCUT2D eigenvalue weighted by molar-refractivity contribution is 9.09. The van der Waals surface area contributed by atoms with Crippen molar-refractivity contribution in [2.24, 2.45) is 0 Å². The number of rotatable bonds is 4. The third-order valence-corrected chi connectivity index (χ3v) is 2.12. The van der Waals surface area contributed by atoms with Crippen LogP contribution in [-0.2, 0) is 0 Å². The Labute approximate surface area is 90.7 Å².